The van der Waals surface area contributed by atoms with Crippen LogP contribution in [0.1, 0.15) is 0 Å². The SMILES string of the molecule is Cl.Oc1ccccc1-c1cccc(N2CCNCC2)c1Cl. The smallest absolute Gasteiger partial charge is 0.123 e. The maximum atomic E-state index is 10.0. The number of hydrogen-bond acceptors (Lipinski definition) is 3. The summed E-state index contributed by atoms with van der Waals surface area (Å²) in [6, 6.07) is 13.3. The number of anilines is 1. The summed E-state index contributed by atoms with van der Waals surface area (Å²) >= 11 is 6.58. The van der Waals surface area contributed by atoms with Crippen molar-refractivity contribution in [3.05, 3.63) is 47.5 Å². The van der Waals surface area contributed by atoms with Gasteiger partial charge in [-0.25, -0.2) is 0 Å². The lowest BCUT2D eigenvalue weighted by molar-refractivity contribution is 0.477. The normalized spacial score (nSPS) is 14.6. The summed E-state index contributed by atoms with van der Waals surface area (Å²) in [6.07, 6.45) is 0. The van der Waals surface area contributed by atoms with Crippen LogP contribution in [-0.4, -0.2) is 31.3 Å². The largest absolute Gasteiger partial charge is 0.507 e. The zero-order chi connectivity index (χ0) is 13.9. The van der Waals surface area contributed by atoms with Crippen LogP contribution in [0, 0.1) is 0 Å². The van der Waals surface area contributed by atoms with E-state index >= 15 is 0 Å². The molecule has 1 aliphatic rings. The van der Waals surface area contributed by atoms with Crippen molar-refractivity contribution in [3.8, 4) is 16.9 Å². The lowest BCUT2D eigenvalue weighted by atomic mass is 10.0. The van der Waals surface area contributed by atoms with Gasteiger partial charge in [0.2, 0.25) is 0 Å². The molecule has 2 aromatic carbocycles. The highest BCUT2D eigenvalue weighted by Gasteiger charge is 2.17. The van der Waals surface area contributed by atoms with E-state index in [0.717, 1.165) is 43.0 Å². The average molecular weight is 325 g/mol. The van der Waals surface area contributed by atoms with Crippen LogP contribution in [0.5, 0.6) is 5.75 Å². The molecule has 2 N–H and O–H groups in total. The highest BCUT2D eigenvalue weighted by Crippen LogP contribution is 2.39. The summed E-state index contributed by atoms with van der Waals surface area (Å²) in [4.78, 5) is 2.28. The van der Waals surface area contributed by atoms with E-state index in [1.807, 2.05) is 36.4 Å². The first kappa shape index (κ1) is 16.0. The Hall–Kier alpha value is -1.42. The zero-order valence-corrected chi connectivity index (χ0v) is 13.1. The van der Waals surface area contributed by atoms with E-state index in [0.29, 0.717) is 5.02 Å². The van der Waals surface area contributed by atoms with Crippen LogP contribution in [0.4, 0.5) is 5.69 Å². The number of phenolic OH excluding ortho intramolecular Hbond substituents is 1. The van der Waals surface area contributed by atoms with E-state index in [1.165, 1.54) is 0 Å². The van der Waals surface area contributed by atoms with Crippen LogP contribution in [0.25, 0.3) is 11.1 Å². The number of phenols is 1. The minimum atomic E-state index is 0. The molecule has 21 heavy (non-hydrogen) atoms. The fourth-order valence-corrected chi connectivity index (χ4v) is 2.93. The van der Waals surface area contributed by atoms with E-state index < -0.39 is 0 Å². The van der Waals surface area contributed by atoms with E-state index in [2.05, 4.69) is 10.2 Å². The maximum absolute atomic E-state index is 10.0. The lowest BCUT2D eigenvalue weighted by Crippen LogP contribution is -2.43. The molecule has 0 amide bonds. The van der Waals surface area contributed by atoms with Gasteiger partial charge in [-0.05, 0) is 12.1 Å². The number of benzene rings is 2. The Balaban J connectivity index is 0.00000161. The van der Waals surface area contributed by atoms with Gasteiger partial charge in [0.1, 0.15) is 5.75 Å². The Morgan fingerprint density at radius 3 is 2.33 bits per heavy atom. The van der Waals surface area contributed by atoms with Gasteiger partial charge in [-0.3, -0.25) is 0 Å². The fourth-order valence-electron chi connectivity index (χ4n) is 2.58. The van der Waals surface area contributed by atoms with Crippen LogP contribution >= 0.6 is 24.0 Å². The van der Waals surface area contributed by atoms with Crippen molar-refractivity contribution in [3.63, 3.8) is 0 Å². The van der Waals surface area contributed by atoms with Crippen LogP contribution in [0.15, 0.2) is 42.5 Å². The number of nitrogens with zero attached hydrogens (tertiary/aromatic N) is 1. The molecule has 0 radical (unpaired) electrons. The van der Waals surface area contributed by atoms with Crippen molar-refractivity contribution in [1.82, 2.24) is 5.32 Å². The standard InChI is InChI=1S/C16H17ClN2O.ClH/c17-16-13(12-4-1-2-7-15(12)20)5-3-6-14(16)19-10-8-18-9-11-19;/h1-7,18,20H,8-11H2;1H. The summed E-state index contributed by atoms with van der Waals surface area (Å²) < 4.78 is 0. The van der Waals surface area contributed by atoms with Gasteiger partial charge in [0.15, 0.2) is 0 Å². The Kier molecular flexibility index (Phi) is 5.34. The first-order valence-corrected chi connectivity index (χ1v) is 7.18. The second-order valence-corrected chi connectivity index (χ2v) is 5.27. The number of nitrogens with one attached hydrogen (secondary N) is 1. The zero-order valence-electron chi connectivity index (χ0n) is 11.6. The average Bonchev–Trinajstić information content (AvgIpc) is 2.49. The minimum Gasteiger partial charge on any atom is -0.507 e. The number of hydrogen-bond donors (Lipinski definition) is 2. The summed E-state index contributed by atoms with van der Waals surface area (Å²) in [7, 11) is 0. The third-order valence-electron chi connectivity index (χ3n) is 3.63. The highest BCUT2D eigenvalue weighted by molar-refractivity contribution is 6.36. The van der Waals surface area contributed by atoms with Crippen LogP contribution in [0.3, 0.4) is 0 Å². The first-order valence-electron chi connectivity index (χ1n) is 6.80. The van der Waals surface area contributed by atoms with E-state index in [4.69, 9.17) is 11.6 Å². The lowest BCUT2D eigenvalue weighted by Gasteiger charge is -2.30. The Bertz CT molecular complexity index is 613. The predicted molar refractivity (Wildman–Crippen MR) is 90.9 cm³/mol. The van der Waals surface area contributed by atoms with Gasteiger partial charge in [-0.1, -0.05) is 41.9 Å². The van der Waals surface area contributed by atoms with E-state index in [-0.39, 0.29) is 18.2 Å². The molecule has 5 heteroatoms. The van der Waals surface area contributed by atoms with Crippen molar-refractivity contribution in [2.45, 2.75) is 0 Å². The topological polar surface area (TPSA) is 35.5 Å². The molecule has 1 saturated heterocycles. The van der Waals surface area contributed by atoms with Gasteiger partial charge < -0.3 is 15.3 Å². The van der Waals surface area contributed by atoms with Gasteiger partial charge in [0.25, 0.3) is 0 Å². The first-order chi connectivity index (χ1) is 9.77. The molecular formula is C16H18Cl2N2O. The van der Waals surface area contributed by atoms with Crippen molar-refractivity contribution in [2.24, 2.45) is 0 Å². The quantitative estimate of drug-likeness (QED) is 0.886. The molecular weight excluding hydrogens is 307 g/mol. The Morgan fingerprint density at radius 2 is 1.62 bits per heavy atom. The third-order valence-corrected chi connectivity index (χ3v) is 4.03. The fraction of sp³-hybridized carbons (Fsp3) is 0.250. The number of para-hydroxylation sites is 1. The van der Waals surface area contributed by atoms with E-state index in [1.54, 1.807) is 6.07 Å². The molecule has 2 aromatic rings. The molecule has 112 valence electrons. The molecule has 3 rings (SSSR count). The van der Waals surface area contributed by atoms with Crippen molar-refractivity contribution in [2.75, 3.05) is 31.1 Å². The monoisotopic (exact) mass is 324 g/mol. The summed E-state index contributed by atoms with van der Waals surface area (Å²) in [5.74, 6) is 0.256. The predicted octanol–water partition coefficient (Wildman–Crippen LogP) is 3.54. The number of halogens is 2. The van der Waals surface area contributed by atoms with Crippen molar-refractivity contribution < 1.29 is 5.11 Å². The molecule has 0 saturated carbocycles. The maximum Gasteiger partial charge on any atom is 0.123 e. The second kappa shape index (κ2) is 7.03. The van der Waals surface area contributed by atoms with E-state index in [9.17, 15) is 5.11 Å². The molecule has 0 atom stereocenters. The Labute approximate surface area is 136 Å². The molecule has 1 aliphatic heterocycles. The third kappa shape index (κ3) is 3.26. The number of rotatable bonds is 2. The molecule has 0 spiro atoms. The molecule has 0 aliphatic carbocycles. The van der Waals surface area contributed by atoms with Crippen LogP contribution < -0.4 is 10.2 Å². The number of piperazine rings is 1. The van der Waals surface area contributed by atoms with Gasteiger partial charge in [-0.2, -0.15) is 0 Å². The summed E-state index contributed by atoms with van der Waals surface area (Å²) in [6.45, 7) is 3.84. The summed E-state index contributed by atoms with van der Waals surface area (Å²) in [5, 5.41) is 14.0. The van der Waals surface area contributed by atoms with Gasteiger partial charge >= 0.3 is 0 Å². The van der Waals surface area contributed by atoms with Crippen LogP contribution in [-0.2, 0) is 0 Å². The van der Waals surface area contributed by atoms with Crippen molar-refractivity contribution >= 4 is 29.7 Å². The minimum absolute atomic E-state index is 0. The molecule has 0 unspecified atom stereocenters. The van der Waals surface area contributed by atoms with Gasteiger partial charge in [0.05, 0.1) is 10.7 Å². The summed E-state index contributed by atoms with van der Waals surface area (Å²) in [5.41, 5.74) is 2.68. The molecule has 3 nitrogen and oxygen atoms in total. The second-order valence-electron chi connectivity index (χ2n) is 4.89. The molecule has 1 fully saturated rings. The molecule has 0 aromatic heterocycles. The highest BCUT2D eigenvalue weighted by atomic mass is 35.5. The molecule has 1 heterocycles. The van der Waals surface area contributed by atoms with Gasteiger partial charge in [0, 0.05) is 37.3 Å². The van der Waals surface area contributed by atoms with Gasteiger partial charge in [-0.15, -0.1) is 12.4 Å². The van der Waals surface area contributed by atoms with Crippen molar-refractivity contribution in [1.29, 1.82) is 0 Å². The number of aromatic hydroxyl groups is 1. The Morgan fingerprint density at radius 1 is 0.952 bits per heavy atom. The van der Waals surface area contributed by atoms with Crippen LogP contribution in [0.2, 0.25) is 5.02 Å². The molecule has 0 bridgehead atoms.